The van der Waals surface area contributed by atoms with Crippen molar-refractivity contribution >= 4 is 15.5 Å². The zero-order chi connectivity index (χ0) is 14.8. The summed E-state index contributed by atoms with van der Waals surface area (Å²) in [5.74, 6) is -2.26. The summed E-state index contributed by atoms with van der Waals surface area (Å²) in [5, 5.41) is 2.94. The van der Waals surface area contributed by atoms with Crippen LogP contribution in [-0.4, -0.2) is 19.2 Å². The number of hydrogen-bond donors (Lipinski definition) is 1. The minimum atomic E-state index is -4.55. The van der Waals surface area contributed by atoms with Crippen molar-refractivity contribution < 1.29 is 21.6 Å². The fourth-order valence-electron chi connectivity index (χ4n) is 1.53. The molecule has 108 valence electrons. The maximum absolute atomic E-state index is 12.3. The molecular formula is C12H12F2N2O3S. The van der Waals surface area contributed by atoms with E-state index in [1.807, 2.05) is 0 Å². The molecule has 0 atom stereocenters. The Hall–Kier alpha value is -1.96. The Balaban J connectivity index is 2.05. The van der Waals surface area contributed by atoms with E-state index < -0.39 is 20.5 Å². The molecule has 0 amide bonds. The van der Waals surface area contributed by atoms with Crippen molar-refractivity contribution in [2.45, 2.75) is 24.1 Å². The fraction of sp³-hybridized carbons (Fsp3) is 0.250. The van der Waals surface area contributed by atoms with Gasteiger partial charge in [-0.25, -0.2) is 13.4 Å². The maximum Gasteiger partial charge on any atom is 0.341 e. The highest BCUT2D eigenvalue weighted by Crippen LogP contribution is 2.20. The number of aryl methyl sites for hydroxylation is 1. The van der Waals surface area contributed by atoms with Crippen molar-refractivity contribution in [3.8, 4) is 0 Å². The van der Waals surface area contributed by atoms with Crippen LogP contribution in [0.3, 0.4) is 0 Å². The third kappa shape index (κ3) is 3.13. The summed E-state index contributed by atoms with van der Waals surface area (Å²) in [6.07, 6.45) is 1.58. The van der Waals surface area contributed by atoms with Crippen molar-refractivity contribution in [3.63, 3.8) is 0 Å². The third-order valence-corrected chi connectivity index (χ3v) is 3.93. The van der Waals surface area contributed by atoms with Gasteiger partial charge in [0.1, 0.15) is 5.76 Å². The number of hydrogen-bond acceptors (Lipinski definition) is 5. The molecule has 20 heavy (non-hydrogen) atoms. The molecule has 1 heterocycles. The second-order valence-electron chi connectivity index (χ2n) is 4.05. The minimum Gasteiger partial charge on any atom is -0.444 e. The summed E-state index contributed by atoms with van der Waals surface area (Å²) in [4.78, 5) is 3.57. The van der Waals surface area contributed by atoms with Crippen LogP contribution in [-0.2, 0) is 16.4 Å². The Labute approximate surface area is 114 Å². The van der Waals surface area contributed by atoms with Gasteiger partial charge in [0.25, 0.3) is 0 Å². The largest absolute Gasteiger partial charge is 0.444 e. The summed E-state index contributed by atoms with van der Waals surface area (Å²) in [6.45, 7) is 2.08. The molecule has 2 aromatic rings. The molecule has 0 saturated carbocycles. The Morgan fingerprint density at radius 1 is 1.30 bits per heavy atom. The number of halogens is 2. The van der Waals surface area contributed by atoms with Crippen LogP contribution in [0, 0.1) is 6.92 Å². The van der Waals surface area contributed by atoms with Gasteiger partial charge in [-0.3, -0.25) is 0 Å². The van der Waals surface area contributed by atoms with Crippen molar-refractivity contribution in [1.82, 2.24) is 4.98 Å². The second kappa shape index (κ2) is 5.58. The van der Waals surface area contributed by atoms with Gasteiger partial charge >= 0.3 is 5.76 Å². The van der Waals surface area contributed by atoms with Crippen molar-refractivity contribution in [1.29, 1.82) is 0 Å². The molecule has 0 spiro atoms. The third-order valence-electron chi connectivity index (χ3n) is 2.53. The number of alkyl halides is 2. The average molecular weight is 302 g/mol. The molecule has 0 saturated heterocycles. The number of nitrogens with one attached hydrogen (secondary N) is 1. The van der Waals surface area contributed by atoms with Gasteiger partial charge in [-0.05, 0) is 31.2 Å². The van der Waals surface area contributed by atoms with Crippen LogP contribution in [0.5, 0.6) is 0 Å². The van der Waals surface area contributed by atoms with Crippen molar-refractivity contribution in [3.05, 3.63) is 42.1 Å². The molecule has 2 rings (SSSR count). The van der Waals surface area contributed by atoms with Gasteiger partial charge in [0.15, 0.2) is 0 Å². The van der Waals surface area contributed by atoms with Crippen LogP contribution in [0.1, 0.15) is 11.7 Å². The summed E-state index contributed by atoms with van der Waals surface area (Å²) in [7, 11) is -4.55. The number of nitrogens with zero attached hydrogens (tertiary/aromatic N) is 1. The minimum absolute atomic E-state index is 0.314. The zero-order valence-corrected chi connectivity index (χ0v) is 11.3. The normalized spacial score (nSPS) is 11.8. The van der Waals surface area contributed by atoms with E-state index in [0.29, 0.717) is 23.9 Å². The van der Waals surface area contributed by atoms with Gasteiger partial charge in [-0.1, -0.05) is 0 Å². The van der Waals surface area contributed by atoms with Gasteiger partial charge < -0.3 is 9.73 Å². The Morgan fingerprint density at radius 3 is 2.45 bits per heavy atom. The summed E-state index contributed by atoms with van der Waals surface area (Å²) < 4.78 is 52.4. The molecule has 0 radical (unpaired) electrons. The van der Waals surface area contributed by atoms with Crippen LogP contribution in [0.2, 0.25) is 0 Å². The van der Waals surface area contributed by atoms with E-state index in [2.05, 4.69) is 10.3 Å². The van der Waals surface area contributed by atoms with E-state index in [1.54, 1.807) is 13.1 Å². The molecule has 5 nitrogen and oxygen atoms in total. The zero-order valence-electron chi connectivity index (χ0n) is 10.5. The first-order valence-corrected chi connectivity index (χ1v) is 7.21. The number of rotatable bonds is 5. The van der Waals surface area contributed by atoms with E-state index in [1.165, 1.54) is 12.1 Å². The van der Waals surface area contributed by atoms with Crippen LogP contribution in [0.25, 0.3) is 0 Å². The second-order valence-corrected chi connectivity index (χ2v) is 5.97. The van der Waals surface area contributed by atoms with Crippen molar-refractivity contribution in [2.24, 2.45) is 0 Å². The molecule has 1 N–H and O–H groups in total. The highest BCUT2D eigenvalue weighted by atomic mass is 32.2. The smallest absolute Gasteiger partial charge is 0.341 e. The summed E-state index contributed by atoms with van der Waals surface area (Å²) in [5.41, 5.74) is 0.578. The Kier molecular flexibility index (Phi) is 4.03. The van der Waals surface area contributed by atoms with E-state index in [0.717, 1.165) is 12.1 Å². The predicted octanol–water partition coefficient (Wildman–Crippen LogP) is 2.59. The maximum atomic E-state index is 12.3. The molecule has 8 heteroatoms. The van der Waals surface area contributed by atoms with Gasteiger partial charge in [0.05, 0.1) is 17.6 Å². The average Bonchev–Trinajstić information content (AvgIpc) is 2.82. The van der Waals surface area contributed by atoms with Crippen molar-refractivity contribution in [2.75, 3.05) is 5.32 Å². The lowest BCUT2D eigenvalue weighted by atomic mass is 10.3. The molecule has 0 bridgehead atoms. The highest BCUT2D eigenvalue weighted by Gasteiger charge is 2.26. The number of aromatic nitrogens is 1. The van der Waals surface area contributed by atoms with E-state index in [9.17, 15) is 17.2 Å². The fourth-order valence-corrected chi connectivity index (χ4v) is 2.25. The van der Waals surface area contributed by atoms with E-state index in [-0.39, 0.29) is 0 Å². The molecule has 0 unspecified atom stereocenters. The monoisotopic (exact) mass is 302 g/mol. The number of benzene rings is 1. The molecule has 0 aliphatic carbocycles. The van der Waals surface area contributed by atoms with Gasteiger partial charge in [-0.15, -0.1) is 0 Å². The molecule has 0 fully saturated rings. The number of anilines is 1. The number of sulfone groups is 1. The topological polar surface area (TPSA) is 72.2 Å². The lowest BCUT2D eigenvalue weighted by Gasteiger charge is -2.06. The highest BCUT2D eigenvalue weighted by molar-refractivity contribution is 7.91. The molecule has 1 aromatic heterocycles. The van der Waals surface area contributed by atoms with E-state index in [4.69, 9.17) is 4.42 Å². The number of oxazole rings is 1. The summed E-state index contributed by atoms with van der Waals surface area (Å²) >= 11 is 0. The van der Waals surface area contributed by atoms with Gasteiger partial charge in [0.2, 0.25) is 15.7 Å². The van der Waals surface area contributed by atoms with E-state index >= 15 is 0 Å². The SMILES string of the molecule is Cc1cnc(CNc2ccc(S(=O)(=O)C(F)F)cc2)o1. The Morgan fingerprint density at radius 2 is 1.95 bits per heavy atom. The Bertz CT molecular complexity index is 681. The lowest BCUT2D eigenvalue weighted by Crippen LogP contribution is -2.11. The molecule has 0 aliphatic heterocycles. The molecule has 0 aliphatic rings. The van der Waals surface area contributed by atoms with Crippen LogP contribution >= 0.6 is 0 Å². The first kappa shape index (κ1) is 14.4. The standard InChI is InChI=1S/C12H12F2N2O3S/c1-8-6-16-11(19-8)7-15-9-2-4-10(5-3-9)20(17,18)12(13)14/h2-6,12,15H,7H2,1H3. The first-order valence-electron chi connectivity index (χ1n) is 5.67. The quantitative estimate of drug-likeness (QED) is 0.919. The lowest BCUT2D eigenvalue weighted by molar-refractivity contribution is 0.234. The predicted molar refractivity (Wildman–Crippen MR) is 68.2 cm³/mol. The van der Waals surface area contributed by atoms with Crippen LogP contribution in [0.4, 0.5) is 14.5 Å². The van der Waals surface area contributed by atoms with Crippen LogP contribution < -0.4 is 5.32 Å². The van der Waals surface area contributed by atoms with Gasteiger partial charge in [0, 0.05) is 5.69 Å². The molecule has 1 aromatic carbocycles. The molecular weight excluding hydrogens is 290 g/mol. The van der Waals surface area contributed by atoms with Crippen LogP contribution in [0.15, 0.2) is 39.8 Å². The van der Waals surface area contributed by atoms with Gasteiger partial charge in [-0.2, -0.15) is 8.78 Å². The first-order chi connectivity index (χ1) is 9.39. The summed E-state index contributed by atoms with van der Waals surface area (Å²) in [6, 6.07) is 5.07.